The fraction of sp³-hybridized carbons (Fsp3) is 0.150. The van der Waals surface area contributed by atoms with E-state index in [1.54, 1.807) is 24.3 Å². The maximum Gasteiger partial charge on any atom is 0.355 e. The van der Waals surface area contributed by atoms with Crippen molar-refractivity contribution in [2.24, 2.45) is 0 Å². The van der Waals surface area contributed by atoms with Crippen LogP contribution in [0, 0.1) is 5.82 Å². The third-order valence-corrected chi connectivity index (χ3v) is 4.69. The Labute approximate surface area is 170 Å². The summed E-state index contributed by atoms with van der Waals surface area (Å²) in [4.78, 5) is 26.0. The number of benzene rings is 2. The largest absolute Gasteiger partial charge is 0.497 e. The van der Waals surface area contributed by atoms with E-state index in [9.17, 15) is 14.0 Å². The van der Waals surface area contributed by atoms with Gasteiger partial charge in [0.1, 0.15) is 23.3 Å². The highest BCUT2D eigenvalue weighted by Gasteiger charge is 2.38. The Morgan fingerprint density at radius 1 is 1.07 bits per heavy atom. The highest BCUT2D eigenvalue weighted by atomic mass is 19.1. The molecule has 1 atom stereocenters. The number of nitrogens with zero attached hydrogens (tertiary/aromatic N) is 4. The molecule has 10 heteroatoms. The molecule has 0 fully saturated rings. The molecule has 0 spiro atoms. The van der Waals surface area contributed by atoms with Crippen molar-refractivity contribution in [2.75, 3.05) is 19.5 Å². The topological polar surface area (TPSA) is 108 Å². The van der Waals surface area contributed by atoms with Crippen molar-refractivity contribution < 1.29 is 23.5 Å². The van der Waals surface area contributed by atoms with Gasteiger partial charge in [0.25, 0.3) is 0 Å². The number of anilines is 1. The van der Waals surface area contributed by atoms with E-state index in [0.717, 1.165) is 0 Å². The van der Waals surface area contributed by atoms with Crippen LogP contribution in [0.3, 0.4) is 0 Å². The summed E-state index contributed by atoms with van der Waals surface area (Å²) in [6.45, 7) is 0. The van der Waals surface area contributed by atoms with E-state index < -0.39 is 23.6 Å². The lowest BCUT2D eigenvalue weighted by Crippen LogP contribution is -2.32. The lowest BCUT2D eigenvalue weighted by molar-refractivity contribution is -0.136. The Balaban J connectivity index is 1.91. The van der Waals surface area contributed by atoms with E-state index in [-0.39, 0.29) is 17.2 Å². The van der Waals surface area contributed by atoms with Crippen LogP contribution in [-0.4, -0.2) is 46.2 Å². The number of Topliss-reactive ketones (excluding diaryl/α,β-unsaturated/α-hetero) is 1. The second kappa shape index (κ2) is 7.74. The summed E-state index contributed by atoms with van der Waals surface area (Å²) in [5.41, 5.74) is 0.815. The molecule has 30 heavy (non-hydrogen) atoms. The minimum Gasteiger partial charge on any atom is -0.497 e. The lowest BCUT2D eigenvalue weighted by atomic mass is 9.89. The van der Waals surface area contributed by atoms with Crippen molar-refractivity contribution in [1.29, 1.82) is 0 Å². The van der Waals surface area contributed by atoms with Crippen LogP contribution in [0.4, 0.5) is 10.3 Å². The molecule has 0 saturated carbocycles. The first-order valence-corrected chi connectivity index (χ1v) is 8.85. The van der Waals surface area contributed by atoms with Crippen LogP contribution in [0.25, 0.3) is 0 Å². The Kier molecular flexibility index (Phi) is 4.97. The van der Waals surface area contributed by atoms with Gasteiger partial charge in [0.2, 0.25) is 5.95 Å². The highest BCUT2D eigenvalue weighted by Crippen LogP contribution is 2.36. The zero-order valence-corrected chi connectivity index (χ0v) is 16.0. The van der Waals surface area contributed by atoms with Crippen LogP contribution in [0.15, 0.2) is 59.8 Å². The summed E-state index contributed by atoms with van der Waals surface area (Å²) in [6.07, 6.45) is 0. The predicted molar refractivity (Wildman–Crippen MR) is 102 cm³/mol. The summed E-state index contributed by atoms with van der Waals surface area (Å²) in [7, 11) is 2.72. The second-order valence-corrected chi connectivity index (χ2v) is 6.36. The molecule has 1 aliphatic rings. The van der Waals surface area contributed by atoms with Gasteiger partial charge in [-0.05, 0) is 52.4 Å². The monoisotopic (exact) mass is 409 g/mol. The first-order chi connectivity index (χ1) is 14.5. The van der Waals surface area contributed by atoms with Gasteiger partial charge in [0.15, 0.2) is 5.78 Å². The van der Waals surface area contributed by atoms with Gasteiger partial charge in [0.05, 0.1) is 19.8 Å². The minimum atomic E-state index is -0.874. The number of hydrogen-bond donors (Lipinski definition) is 1. The van der Waals surface area contributed by atoms with Gasteiger partial charge in [-0.1, -0.05) is 17.2 Å². The van der Waals surface area contributed by atoms with E-state index in [4.69, 9.17) is 9.47 Å². The van der Waals surface area contributed by atoms with Gasteiger partial charge in [0, 0.05) is 5.56 Å². The number of hydrogen-bond acceptors (Lipinski definition) is 8. The highest BCUT2D eigenvalue weighted by molar-refractivity contribution is 6.14. The molecular weight excluding hydrogens is 393 g/mol. The molecule has 9 nitrogen and oxygen atoms in total. The summed E-state index contributed by atoms with van der Waals surface area (Å²) >= 11 is 0. The summed E-state index contributed by atoms with van der Waals surface area (Å²) in [6, 6.07) is 11.1. The molecular formula is C20H16FN5O4. The Morgan fingerprint density at radius 3 is 2.40 bits per heavy atom. The number of halogens is 1. The summed E-state index contributed by atoms with van der Waals surface area (Å²) in [5.74, 6) is -0.914. The number of aromatic nitrogens is 4. The van der Waals surface area contributed by atoms with Crippen LogP contribution in [-0.2, 0) is 9.53 Å². The number of rotatable bonds is 5. The third kappa shape index (κ3) is 3.28. The number of allylic oxidation sites excluding steroid dienone is 1. The van der Waals surface area contributed by atoms with Gasteiger partial charge < -0.3 is 14.8 Å². The maximum absolute atomic E-state index is 13.5. The molecule has 1 aliphatic heterocycles. The van der Waals surface area contributed by atoms with Crippen molar-refractivity contribution in [1.82, 2.24) is 20.2 Å². The Bertz CT molecular complexity index is 1140. The van der Waals surface area contributed by atoms with E-state index in [1.165, 1.54) is 43.2 Å². The predicted octanol–water partition coefficient (Wildman–Crippen LogP) is 2.15. The Morgan fingerprint density at radius 2 is 1.77 bits per heavy atom. The number of carbonyl (C=O) groups excluding carboxylic acids is 2. The Hall–Kier alpha value is -4.08. The van der Waals surface area contributed by atoms with Crippen molar-refractivity contribution in [2.45, 2.75) is 6.04 Å². The maximum atomic E-state index is 13.5. The van der Waals surface area contributed by atoms with E-state index in [0.29, 0.717) is 16.9 Å². The molecule has 0 aliphatic carbocycles. The quantitative estimate of drug-likeness (QED) is 0.504. The van der Waals surface area contributed by atoms with Gasteiger partial charge in [-0.2, -0.15) is 4.68 Å². The SMILES string of the molecule is COC(=O)C1=C(C(=O)c2ccc(OC)cc2)[C@H](c2ccc(F)cc2)n2nnnc2N1. The van der Waals surface area contributed by atoms with Gasteiger partial charge in [-0.25, -0.2) is 9.18 Å². The molecule has 3 aromatic rings. The number of ketones is 1. The molecule has 1 aromatic heterocycles. The van der Waals surface area contributed by atoms with Crippen LogP contribution < -0.4 is 10.1 Å². The zero-order valence-electron chi connectivity index (χ0n) is 16.0. The summed E-state index contributed by atoms with van der Waals surface area (Å²) in [5, 5.41) is 14.2. The number of carbonyl (C=O) groups is 2. The number of fused-ring (bicyclic) bond motifs is 1. The number of tetrazole rings is 1. The fourth-order valence-electron chi connectivity index (χ4n) is 3.24. The third-order valence-electron chi connectivity index (χ3n) is 4.69. The standard InChI is InChI=1S/C20H16FN5O4/c1-29-14-9-5-12(6-10-14)18(27)15-16(19(28)30-2)22-20-23-24-25-26(20)17(15)11-3-7-13(21)8-4-11/h3-10,17H,1-2H3,(H,22,23,25)/t17-/m0/s1. The number of nitrogens with one attached hydrogen (secondary N) is 1. The van der Waals surface area contributed by atoms with Crippen molar-refractivity contribution in [3.8, 4) is 5.75 Å². The average molecular weight is 409 g/mol. The van der Waals surface area contributed by atoms with Gasteiger partial charge >= 0.3 is 5.97 Å². The molecule has 4 rings (SSSR count). The van der Waals surface area contributed by atoms with Crippen LogP contribution in [0.1, 0.15) is 22.0 Å². The van der Waals surface area contributed by atoms with Gasteiger partial charge in [-0.3, -0.25) is 4.79 Å². The lowest BCUT2D eigenvalue weighted by Gasteiger charge is -2.28. The molecule has 1 N–H and O–H groups in total. The minimum absolute atomic E-state index is 0.0680. The van der Waals surface area contributed by atoms with Crippen LogP contribution in [0.5, 0.6) is 5.75 Å². The second-order valence-electron chi connectivity index (χ2n) is 6.36. The van der Waals surface area contributed by atoms with E-state index in [2.05, 4.69) is 20.8 Å². The normalized spacial score (nSPS) is 15.2. The number of methoxy groups -OCH3 is 2. The average Bonchev–Trinajstić information content (AvgIpc) is 3.26. The molecule has 0 radical (unpaired) electrons. The first kappa shape index (κ1) is 19.2. The van der Waals surface area contributed by atoms with Gasteiger partial charge in [-0.15, -0.1) is 0 Å². The first-order valence-electron chi connectivity index (χ1n) is 8.85. The van der Waals surface area contributed by atoms with E-state index in [1.807, 2.05) is 0 Å². The summed E-state index contributed by atoms with van der Waals surface area (Å²) < 4.78 is 24.9. The van der Waals surface area contributed by atoms with Crippen molar-refractivity contribution in [3.63, 3.8) is 0 Å². The molecule has 0 unspecified atom stereocenters. The molecule has 2 heterocycles. The zero-order chi connectivity index (χ0) is 21.3. The van der Waals surface area contributed by atoms with Crippen molar-refractivity contribution in [3.05, 3.63) is 76.7 Å². The number of esters is 1. The molecule has 2 aromatic carbocycles. The smallest absolute Gasteiger partial charge is 0.355 e. The molecule has 0 bridgehead atoms. The van der Waals surface area contributed by atoms with E-state index >= 15 is 0 Å². The molecule has 0 saturated heterocycles. The molecule has 0 amide bonds. The van der Waals surface area contributed by atoms with Crippen LogP contribution >= 0.6 is 0 Å². The fourth-order valence-corrected chi connectivity index (χ4v) is 3.24. The molecule has 152 valence electrons. The van der Waals surface area contributed by atoms with Crippen LogP contribution in [0.2, 0.25) is 0 Å². The number of ether oxygens (including phenoxy) is 2. The van der Waals surface area contributed by atoms with Crippen molar-refractivity contribution >= 4 is 17.7 Å².